The summed E-state index contributed by atoms with van der Waals surface area (Å²) in [6.45, 7) is 1.31. The Morgan fingerprint density at radius 3 is 2.43 bits per heavy atom. The van der Waals surface area contributed by atoms with Gasteiger partial charge in [-0.05, 0) is 24.3 Å². The van der Waals surface area contributed by atoms with E-state index in [9.17, 15) is 18.0 Å². The molecule has 2 N–H and O–H groups in total. The molecular formula is C16H21F3N2O2. The quantitative estimate of drug-likeness (QED) is 0.872. The van der Waals surface area contributed by atoms with E-state index in [1.807, 2.05) is 0 Å². The molecule has 0 radical (unpaired) electrons. The van der Waals surface area contributed by atoms with Crippen LogP contribution in [-0.2, 0) is 4.74 Å². The molecule has 2 rings (SSSR count). The van der Waals surface area contributed by atoms with Gasteiger partial charge < -0.3 is 15.4 Å². The van der Waals surface area contributed by atoms with Crippen molar-refractivity contribution in [3.05, 3.63) is 35.9 Å². The second kappa shape index (κ2) is 8.19. The van der Waals surface area contributed by atoms with Gasteiger partial charge in [0.15, 0.2) is 0 Å². The number of carbonyl (C=O) groups excluding carboxylic acids is 1. The van der Waals surface area contributed by atoms with Crippen LogP contribution in [0.25, 0.3) is 0 Å². The second-order valence-corrected chi connectivity index (χ2v) is 5.65. The van der Waals surface area contributed by atoms with Gasteiger partial charge in [0.2, 0.25) is 0 Å². The van der Waals surface area contributed by atoms with Crippen LogP contribution in [0.4, 0.5) is 18.0 Å². The zero-order valence-corrected chi connectivity index (χ0v) is 12.7. The van der Waals surface area contributed by atoms with Crippen molar-refractivity contribution in [2.75, 3.05) is 26.3 Å². The van der Waals surface area contributed by atoms with Crippen LogP contribution in [0.1, 0.15) is 24.3 Å². The summed E-state index contributed by atoms with van der Waals surface area (Å²) in [6, 6.07) is 7.03. The molecule has 0 unspecified atom stereocenters. The lowest BCUT2D eigenvalue weighted by atomic mass is 9.98. The van der Waals surface area contributed by atoms with Gasteiger partial charge in [0.1, 0.15) is 0 Å². The average molecular weight is 330 g/mol. The molecule has 1 fully saturated rings. The molecule has 23 heavy (non-hydrogen) atoms. The maximum atomic E-state index is 13.1. The summed E-state index contributed by atoms with van der Waals surface area (Å²) in [6.07, 6.45) is -2.69. The zero-order valence-electron chi connectivity index (χ0n) is 12.7. The van der Waals surface area contributed by atoms with E-state index in [0.29, 0.717) is 25.7 Å². The van der Waals surface area contributed by atoms with Crippen molar-refractivity contribution in [2.24, 2.45) is 5.92 Å². The highest BCUT2D eigenvalue weighted by Gasteiger charge is 2.40. The predicted molar refractivity (Wildman–Crippen MR) is 80.2 cm³/mol. The number of nitrogens with one attached hydrogen (secondary N) is 2. The minimum atomic E-state index is -4.41. The minimum absolute atomic E-state index is 0.143. The normalized spacial score (nSPS) is 17.5. The number of carbonyl (C=O) groups is 1. The molecule has 1 aromatic rings. The van der Waals surface area contributed by atoms with E-state index < -0.39 is 24.7 Å². The summed E-state index contributed by atoms with van der Waals surface area (Å²) in [5.74, 6) is -1.39. The molecule has 0 aromatic heterocycles. The van der Waals surface area contributed by atoms with Crippen LogP contribution in [0.5, 0.6) is 0 Å². The van der Waals surface area contributed by atoms with Gasteiger partial charge >= 0.3 is 12.2 Å². The summed E-state index contributed by atoms with van der Waals surface area (Å²) in [5, 5.41) is 4.96. The number of ether oxygens (including phenoxy) is 1. The summed E-state index contributed by atoms with van der Waals surface area (Å²) >= 11 is 0. The summed E-state index contributed by atoms with van der Waals surface area (Å²) < 4.78 is 44.7. The first-order valence-electron chi connectivity index (χ1n) is 7.68. The summed E-state index contributed by atoms with van der Waals surface area (Å²) in [4.78, 5) is 11.7. The number of halogens is 3. The van der Waals surface area contributed by atoms with Crippen LogP contribution in [0.15, 0.2) is 30.3 Å². The topological polar surface area (TPSA) is 50.4 Å². The van der Waals surface area contributed by atoms with E-state index in [1.54, 1.807) is 18.2 Å². The molecule has 1 atom stereocenters. The first-order valence-corrected chi connectivity index (χ1v) is 7.68. The standard InChI is InChI=1S/C16H21F3N2O2/c17-16(18,19)14(13-4-2-1-3-5-13)11-21-15(22)20-10-12-6-8-23-9-7-12/h1-5,12,14H,6-11H2,(H2,20,21,22)/t14-/m0/s1. The molecule has 1 aliphatic heterocycles. The Balaban J connectivity index is 1.82. The van der Waals surface area contributed by atoms with Gasteiger partial charge in [0.05, 0.1) is 5.92 Å². The predicted octanol–water partition coefficient (Wildman–Crippen LogP) is 3.06. The molecular weight excluding hydrogens is 309 g/mol. The fourth-order valence-electron chi connectivity index (χ4n) is 2.55. The van der Waals surface area contributed by atoms with Gasteiger partial charge in [-0.1, -0.05) is 30.3 Å². The molecule has 0 bridgehead atoms. The number of rotatable bonds is 5. The van der Waals surface area contributed by atoms with Gasteiger partial charge in [-0.2, -0.15) is 13.2 Å². The maximum Gasteiger partial charge on any atom is 0.397 e. The van der Waals surface area contributed by atoms with E-state index in [0.717, 1.165) is 12.8 Å². The van der Waals surface area contributed by atoms with Crippen molar-refractivity contribution in [1.29, 1.82) is 0 Å². The third kappa shape index (κ3) is 5.74. The van der Waals surface area contributed by atoms with Gasteiger partial charge in [-0.25, -0.2) is 4.79 Å². The average Bonchev–Trinajstić information content (AvgIpc) is 2.54. The van der Waals surface area contributed by atoms with Crippen molar-refractivity contribution in [2.45, 2.75) is 24.9 Å². The molecule has 4 nitrogen and oxygen atoms in total. The number of urea groups is 1. The van der Waals surface area contributed by atoms with Crippen LogP contribution in [0.3, 0.4) is 0 Å². The lowest BCUT2D eigenvalue weighted by Gasteiger charge is -2.23. The number of benzene rings is 1. The lowest BCUT2D eigenvalue weighted by Crippen LogP contribution is -2.42. The second-order valence-electron chi connectivity index (χ2n) is 5.65. The molecule has 0 aliphatic carbocycles. The van der Waals surface area contributed by atoms with E-state index >= 15 is 0 Å². The molecule has 0 saturated carbocycles. The smallest absolute Gasteiger partial charge is 0.381 e. The highest BCUT2D eigenvalue weighted by atomic mass is 19.4. The Labute approximate surface area is 133 Å². The Morgan fingerprint density at radius 1 is 1.17 bits per heavy atom. The molecule has 1 saturated heterocycles. The van der Waals surface area contributed by atoms with E-state index in [-0.39, 0.29) is 5.56 Å². The molecule has 1 aromatic carbocycles. The first kappa shape index (κ1) is 17.6. The monoisotopic (exact) mass is 330 g/mol. The number of hydrogen-bond acceptors (Lipinski definition) is 2. The largest absolute Gasteiger partial charge is 0.397 e. The fourth-order valence-corrected chi connectivity index (χ4v) is 2.55. The Bertz CT molecular complexity index is 488. The van der Waals surface area contributed by atoms with Crippen molar-refractivity contribution in [3.63, 3.8) is 0 Å². The van der Waals surface area contributed by atoms with Gasteiger partial charge in [-0.15, -0.1) is 0 Å². The molecule has 1 aliphatic rings. The van der Waals surface area contributed by atoms with E-state index in [1.165, 1.54) is 12.1 Å². The highest BCUT2D eigenvalue weighted by molar-refractivity contribution is 5.73. The number of hydrogen-bond donors (Lipinski definition) is 2. The summed E-state index contributed by atoms with van der Waals surface area (Å²) in [7, 11) is 0. The number of alkyl halides is 3. The van der Waals surface area contributed by atoms with Crippen molar-refractivity contribution < 1.29 is 22.7 Å². The first-order chi connectivity index (χ1) is 11.0. The van der Waals surface area contributed by atoms with Gasteiger partial charge in [-0.3, -0.25) is 0 Å². The van der Waals surface area contributed by atoms with Crippen LogP contribution in [-0.4, -0.2) is 38.5 Å². The van der Waals surface area contributed by atoms with E-state index in [2.05, 4.69) is 10.6 Å². The molecule has 2 amide bonds. The third-order valence-corrected chi connectivity index (χ3v) is 3.96. The van der Waals surface area contributed by atoms with Crippen molar-refractivity contribution in [3.8, 4) is 0 Å². The Morgan fingerprint density at radius 2 is 1.83 bits per heavy atom. The Kier molecular flexibility index (Phi) is 6.27. The third-order valence-electron chi connectivity index (χ3n) is 3.96. The van der Waals surface area contributed by atoms with Crippen LogP contribution in [0.2, 0.25) is 0 Å². The lowest BCUT2D eigenvalue weighted by molar-refractivity contribution is -0.149. The summed E-state index contributed by atoms with van der Waals surface area (Å²) in [5.41, 5.74) is 0.143. The highest BCUT2D eigenvalue weighted by Crippen LogP contribution is 2.34. The van der Waals surface area contributed by atoms with Gasteiger partial charge in [0, 0.05) is 26.3 Å². The Hall–Kier alpha value is -1.76. The zero-order chi connectivity index (χ0) is 16.7. The molecule has 128 valence electrons. The molecule has 1 heterocycles. The van der Waals surface area contributed by atoms with Crippen molar-refractivity contribution >= 4 is 6.03 Å². The van der Waals surface area contributed by atoms with Crippen LogP contribution < -0.4 is 10.6 Å². The fraction of sp³-hybridized carbons (Fsp3) is 0.562. The van der Waals surface area contributed by atoms with Crippen LogP contribution in [0, 0.1) is 5.92 Å². The number of amides is 2. The molecule has 0 spiro atoms. The van der Waals surface area contributed by atoms with Crippen LogP contribution >= 0.6 is 0 Å². The van der Waals surface area contributed by atoms with Crippen molar-refractivity contribution in [1.82, 2.24) is 10.6 Å². The van der Waals surface area contributed by atoms with E-state index in [4.69, 9.17) is 4.74 Å². The van der Waals surface area contributed by atoms with Gasteiger partial charge in [0.25, 0.3) is 0 Å². The molecule has 7 heteroatoms. The SMILES string of the molecule is O=C(NCC1CCOCC1)NC[C@@H](c1ccccc1)C(F)(F)F. The minimum Gasteiger partial charge on any atom is -0.381 e. The maximum absolute atomic E-state index is 13.1.